The molecule has 26 heavy (non-hydrogen) atoms. The summed E-state index contributed by atoms with van der Waals surface area (Å²) in [6.07, 6.45) is 0. The van der Waals surface area contributed by atoms with Gasteiger partial charge in [0.1, 0.15) is 13.4 Å². The molecule has 0 heterocycles. The zero-order valence-electron chi connectivity index (χ0n) is 15.3. The Labute approximate surface area is 159 Å². The summed E-state index contributed by atoms with van der Waals surface area (Å²) in [5, 5.41) is 40.8. The monoisotopic (exact) mass is 386 g/mol. The predicted octanol–water partition coefficient (Wildman–Crippen LogP) is 0.880. The molecule has 0 saturated heterocycles. The maximum Gasteiger partial charge on any atom is 0.293 e. The van der Waals surface area contributed by atoms with Crippen LogP contribution in [0.15, 0.2) is 29.4 Å². The number of rotatable bonds is 5. The molecular formula is C16H24BClN2O6. The first-order valence-electron chi connectivity index (χ1n) is 7.46. The van der Waals surface area contributed by atoms with Crippen LogP contribution in [-0.4, -0.2) is 63.2 Å². The average Bonchev–Trinajstić information content (AvgIpc) is 2.52. The molecule has 144 valence electrons. The molecule has 10 heteroatoms. The molecule has 0 aliphatic carbocycles. The summed E-state index contributed by atoms with van der Waals surface area (Å²) < 4.78 is 4.55. The molecule has 0 bridgehead atoms. The average molecular weight is 387 g/mol. The quantitative estimate of drug-likeness (QED) is 0.148. The lowest BCUT2D eigenvalue weighted by molar-refractivity contribution is -0.307. The topological polar surface area (TPSA) is 123 Å². The smallest absolute Gasteiger partial charge is 0.293 e. The van der Waals surface area contributed by atoms with Crippen molar-refractivity contribution < 1.29 is 30.1 Å². The summed E-state index contributed by atoms with van der Waals surface area (Å²) in [5.74, 6) is -2.47. The summed E-state index contributed by atoms with van der Waals surface area (Å²) in [4.78, 5) is 10.4. The number of benzene rings is 1. The van der Waals surface area contributed by atoms with Crippen LogP contribution >= 0.6 is 11.6 Å². The van der Waals surface area contributed by atoms with E-state index in [9.17, 15) is 20.1 Å². The molecule has 2 radical (unpaired) electrons. The van der Waals surface area contributed by atoms with Crippen LogP contribution in [0, 0.1) is 0 Å². The fourth-order valence-electron chi connectivity index (χ4n) is 1.54. The highest BCUT2D eigenvalue weighted by molar-refractivity contribution is 6.69. The number of ether oxygens (including phenoxy) is 1. The molecule has 1 aromatic carbocycles. The van der Waals surface area contributed by atoms with E-state index in [0.717, 1.165) is 4.90 Å². The van der Waals surface area contributed by atoms with E-state index in [1.807, 2.05) is 20.8 Å². The Morgan fingerprint density at radius 3 is 1.92 bits per heavy atom. The minimum Gasteiger partial charge on any atom is -0.462 e. The summed E-state index contributed by atoms with van der Waals surface area (Å²) in [6, 6.07) is 5.56. The van der Waals surface area contributed by atoms with Crippen LogP contribution < -0.4 is 0 Å². The molecule has 1 rings (SSSR count). The number of carbonyl (C=O) groups is 1. The molecule has 4 N–H and O–H groups in total. The molecule has 0 amide bonds. The predicted molar refractivity (Wildman–Crippen MR) is 97.8 cm³/mol. The van der Waals surface area contributed by atoms with Crippen molar-refractivity contribution >= 4 is 31.1 Å². The normalized spacial score (nSPS) is 14.9. The highest BCUT2D eigenvalue weighted by atomic mass is 35.5. The minimum absolute atomic E-state index is 0.0619. The highest BCUT2D eigenvalue weighted by Gasteiger charge is 2.38. The Bertz CT molecular complexity index is 609. The van der Waals surface area contributed by atoms with Crippen LogP contribution in [0.5, 0.6) is 0 Å². The van der Waals surface area contributed by atoms with Crippen LogP contribution in [0.1, 0.15) is 38.8 Å². The first-order valence-corrected chi connectivity index (χ1v) is 7.84. The highest BCUT2D eigenvalue weighted by Crippen LogP contribution is 2.26. The number of halogens is 1. The Morgan fingerprint density at radius 1 is 1.19 bits per heavy atom. The maximum absolute atomic E-state index is 10.0. The second kappa shape index (κ2) is 9.34. The molecule has 8 nitrogen and oxygen atoms in total. The van der Waals surface area contributed by atoms with E-state index in [-0.39, 0.29) is 16.3 Å². The standard InChI is InChI=1S/C11H14BClN2O4.C5H10O2/c1-10(12,16)15(2)11(17,18)8-5-3-7(4-6-8)9(13)14-19;1-5(2,3)7-4-6/h3-6,16-19H,1-2H3;4H,1-3H3/b14-9-;. The molecule has 1 unspecified atom stereocenters. The Kier molecular flexibility index (Phi) is 8.75. The zero-order valence-corrected chi connectivity index (χ0v) is 16.1. The van der Waals surface area contributed by atoms with Crippen LogP contribution in [0.4, 0.5) is 0 Å². The van der Waals surface area contributed by atoms with Gasteiger partial charge in [-0.25, -0.2) is 4.90 Å². The van der Waals surface area contributed by atoms with Gasteiger partial charge in [-0.1, -0.05) is 41.0 Å². The minimum atomic E-state index is -2.47. The molecule has 0 aromatic heterocycles. The molecule has 0 aliphatic heterocycles. The second-order valence-electron chi connectivity index (χ2n) is 6.58. The Balaban J connectivity index is 0.000000758. The van der Waals surface area contributed by atoms with Crippen LogP contribution in [0.2, 0.25) is 0 Å². The van der Waals surface area contributed by atoms with E-state index >= 15 is 0 Å². The lowest BCUT2D eigenvalue weighted by Gasteiger charge is -2.40. The van der Waals surface area contributed by atoms with Crippen LogP contribution in [-0.2, 0) is 15.4 Å². The van der Waals surface area contributed by atoms with Crippen molar-refractivity contribution in [2.24, 2.45) is 5.16 Å². The second-order valence-corrected chi connectivity index (χ2v) is 6.94. The Morgan fingerprint density at radius 2 is 1.65 bits per heavy atom. The summed E-state index contributed by atoms with van der Waals surface area (Å²) in [7, 11) is 6.64. The third-order valence-electron chi connectivity index (χ3n) is 3.15. The summed E-state index contributed by atoms with van der Waals surface area (Å²) in [5.41, 5.74) is -1.79. The van der Waals surface area contributed by atoms with Gasteiger partial charge in [0.25, 0.3) is 12.4 Å². The third-order valence-corrected chi connectivity index (χ3v) is 3.44. The Hall–Kier alpha value is -1.65. The molecule has 0 spiro atoms. The van der Waals surface area contributed by atoms with Gasteiger partial charge in [-0.15, -0.1) is 0 Å². The van der Waals surface area contributed by atoms with E-state index in [0.29, 0.717) is 12.0 Å². The van der Waals surface area contributed by atoms with Gasteiger partial charge in [0.05, 0.1) is 5.62 Å². The lowest BCUT2D eigenvalue weighted by Crippen LogP contribution is -2.56. The third kappa shape index (κ3) is 7.71. The summed E-state index contributed by atoms with van der Waals surface area (Å²) in [6.45, 7) is 7.13. The largest absolute Gasteiger partial charge is 0.462 e. The molecule has 1 atom stereocenters. The van der Waals surface area contributed by atoms with Crippen LogP contribution in [0.25, 0.3) is 0 Å². The van der Waals surface area contributed by atoms with Gasteiger partial charge in [0.2, 0.25) is 0 Å². The van der Waals surface area contributed by atoms with Crippen molar-refractivity contribution in [1.29, 1.82) is 0 Å². The van der Waals surface area contributed by atoms with Gasteiger partial charge in [-0.2, -0.15) is 0 Å². The van der Waals surface area contributed by atoms with E-state index in [4.69, 9.17) is 24.7 Å². The number of oxime groups is 1. The van der Waals surface area contributed by atoms with E-state index in [1.165, 1.54) is 38.2 Å². The van der Waals surface area contributed by atoms with Crippen molar-refractivity contribution in [2.75, 3.05) is 7.05 Å². The lowest BCUT2D eigenvalue weighted by atomic mass is 9.90. The maximum atomic E-state index is 10.0. The summed E-state index contributed by atoms with van der Waals surface area (Å²) >= 11 is 5.60. The fourth-order valence-corrected chi connectivity index (χ4v) is 1.67. The molecule has 0 fully saturated rings. The molecule has 1 aromatic rings. The molecular weight excluding hydrogens is 362 g/mol. The van der Waals surface area contributed by atoms with E-state index in [1.54, 1.807) is 0 Å². The molecule has 0 aliphatic rings. The van der Waals surface area contributed by atoms with Gasteiger partial charge in [0.15, 0.2) is 5.17 Å². The van der Waals surface area contributed by atoms with E-state index in [2.05, 4.69) is 9.89 Å². The van der Waals surface area contributed by atoms with Crippen LogP contribution in [0.3, 0.4) is 0 Å². The first-order chi connectivity index (χ1) is 11.7. The van der Waals surface area contributed by atoms with Gasteiger partial charge < -0.3 is 25.3 Å². The van der Waals surface area contributed by atoms with E-state index < -0.39 is 11.5 Å². The van der Waals surface area contributed by atoms with Crippen molar-refractivity contribution in [3.05, 3.63) is 35.4 Å². The fraction of sp³-hybridized carbons (Fsp3) is 0.500. The molecule has 0 saturated carbocycles. The zero-order chi connectivity index (χ0) is 20.8. The van der Waals surface area contributed by atoms with Crippen molar-refractivity contribution in [3.63, 3.8) is 0 Å². The number of hydrogen-bond acceptors (Lipinski definition) is 8. The van der Waals surface area contributed by atoms with Gasteiger partial charge >= 0.3 is 0 Å². The van der Waals surface area contributed by atoms with Gasteiger partial charge in [-0.05, 0) is 34.7 Å². The number of aliphatic hydroxyl groups is 3. The van der Waals surface area contributed by atoms with Crippen molar-refractivity contribution in [1.82, 2.24) is 4.90 Å². The number of nitrogens with zero attached hydrogens (tertiary/aromatic N) is 2. The number of hydrogen-bond donors (Lipinski definition) is 4. The van der Waals surface area contributed by atoms with Crippen molar-refractivity contribution in [2.45, 2.75) is 44.8 Å². The van der Waals surface area contributed by atoms with Crippen molar-refractivity contribution in [3.8, 4) is 0 Å². The number of carbonyl (C=O) groups excluding carboxylic acids is 1. The SMILES string of the molecule is CC(C)(C)OC=O.[B]C(C)(O)N(C)C(O)(O)c1ccc(/C(Cl)=N/O)cc1. The van der Waals surface area contributed by atoms with Gasteiger partial charge in [0, 0.05) is 11.1 Å². The first kappa shape index (κ1) is 24.4. The van der Waals surface area contributed by atoms with Gasteiger partial charge in [-0.3, -0.25) is 4.79 Å².